The van der Waals surface area contributed by atoms with Gasteiger partial charge in [0.05, 0.1) is 6.10 Å². The molecule has 1 fully saturated rings. The average Bonchev–Trinajstić information content (AvgIpc) is 3.75. The van der Waals surface area contributed by atoms with Gasteiger partial charge in [-0.25, -0.2) is 0 Å². The summed E-state index contributed by atoms with van der Waals surface area (Å²) in [7, 11) is 0. The van der Waals surface area contributed by atoms with Crippen LogP contribution in [-0.4, -0.2) is 18.3 Å². The van der Waals surface area contributed by atoms with Crippen LogP contribution < -0.4 is 0 Å². The SMILES string of the molecule is C1=CC2=C(C3C=CC=C4C=CCCC43)c3ccccc3C(C3C=C(C4=CC5=C(CC4)OC4C5C=CC5C6CCC=CC6OC54)C=CC3)C2C=C1. The summed E-state index contributed by atoms with van der Waals surface area (Å²) in [6, 6.07) is 9.42. The smallest absolute Gasteiger partial charge is 0.135 e. The lowest BCUT2D eigenvalue weighted by molar-refractivity contribution is -0.0488. The molecule has 0 radical (unpaired) electrons. The number of fused-ring (bicyclic) bond motifs is 9. The molecule has 11 unspecified atom stereocenters. The van der Waals surface area contributed by atoms with Crippen LogP contribution in [0.25, 0.3) is 5.57 Å². The van der Waals surface area contributed by atoms with Gasteiger partial charge in [0, 0.05) is 41.6 Å². The number of rotatable bonds is 3. The van der Waals surface area contributed by atoms with Crippen LogP contribution in [0, 0.1) is 41.4 Å². The molecule has 2 nitrogen and oxygen atoms in total. The van der Waals surface area contributed by atoms with Crippen molar-refractivity contribution in [3.8, 4) is 0 Å². The summed E-state index contributed by atoms with van der Waals surface area (Å²) in [6.45, 7) is 0. The Labute approximate surface area is 297 Å². The molecule has 2 heterocycles. The standard InChI is InChI=1S/C48H46O2/c1-2-15-33-29(11-1)12-10-21-35(33)46-38-19-5-3-17-36(38)45(37-18-4-6-20-39(37)46)32-14-9-13-30(27-32)31-23-26-44-42(28-31)41-25-24-40-34-16-7-8-22-43(34)49-47(40)48(41)50-44/h1,3-6,8-13,17-22,24-25,27-28,32-36,40-41,43,45,47-48H,2,7,14-16,23,26H2. The van der Waals surface area contributed by atoms with Gasteiger partial charge in [-0.3, -0.25) is 0 Å². The predicted molar refractivity (Wildman–Crippen MR) is 202 cm³/mol. The minimum atomic E-state index is 0.118. The van der Waals surface area contributed by atoms with Gasteiger partial charge in [0.1, 0.15) is 18.0 Å². The van der Waals surface area contributed by atoms with Crippen LogP contribution in [0.4, 0.5) is 0 Å². The van der Waals surface area contributed by atoms with E-state index in [1.54, 1.807) is 11.1 Å². The fourth-order valence-corrected chi connectivity index (χ4v) is 11.6. The van der Waals surface area contributed by atoms with E-state index in [1.165, 1.54) is 64.9 Å². The molecule has 2 heteroatoms. The number of hydrogen-bond acceptors (Lipinski definition) is 2. The molecule has 0 spiro atoms. The van der Waals surface area contributed by atoms with Crippen LogP contribution in [-0.2, 0) is 9.47 Å². The topological polar surface area (TPSA) is 18.5 Å². The first kappa shape index (κ1) is 29.6. The lowest BCUT2D eigenvalue weighted by Gasteiger charge is -2.43. The Kier molecular flexibility index (Phi) is 6.92. The summed E-state index contributed by atoms with van der Waals surface area (Å²) in [5.74, 6) is 4.80. The molecule has 1 aromatic carbocycles. The van der Waals surface area contributed by atoms with Crippen molar-refractivity contribution in [1.82, 2.24) is 0 Å². The Balaban J connectivity index is 0.923. The zero-order chi connectivity index (χ0) is 32.8. The number of hydrogen-bond donors (Lipinski definition) is 0. The summed E-state index contributed by atoms with van der Waals surface area (Å²) >= 11 is 0. The molecule has 0 bridgehead atoms. The summed E-state index contributed by atoms with van der Waals surface area (Å²) < 4.78 is 13.5. The maximum atomic E-state index is 6.80. The maximum Gasteiger partial charge on any atom is 0.135 e. The first-order chi connectivity index (χ1) is 24.8. The molecule has 10 aliphatic rings. The van der Waals surface area contributed by atoms with Crippen molar-refractivity contribution in [2.75, 3.05) is 0 Å². The number of allylic oxidation sites excluding steroid dienone is 20. The van der Waals surface area contributed by atoms with Crippen molar-refractivity contribution in [3.63, 3.8) is 0 Å². The minimum absolute atomic E-state index is 0.118. The van der Waals surface area contributed by atoms with Crippen molar-refractivity contribution >= 4 is 5.57 Å². The highest BCUT2D eigenvalue weighted by atomic mass is 16.6. The van der Waals surface area contributed by atoms with Crippen molar-refractivity contribution in [2.45, 2.75) is 69.2 Å². The normalized spacial score (nSPS) is 39.8. The zero-order valence-electron chi connectivity index (χ0n) is 28.7. The average molecular weight is 655 g/mol. The van der Waals surface area contributed by atoms with E-state index in [9.17, 15) is 0 Å². The Morgan fingerprint density at radius 3 is 2.66 bits per heavy atom. The Bertz CT molecular complexity index is 2010. The molecule has 2 aliphatic heterocycles. The van der Waals surface area contributed by atoms with Crippen LogP contribution >= 0.6 is 0 Å². The van der Waals surface area contributed by atoms with Crippen molar-refractivity contribution in [3.05, 3.63) is 172 Å². The highest BCUT2D eigenvalue weighted by Crippen LogP contribution is 2.56. The molecule has 50 heavy (non-hydrogen) atoms. The zero-order valence-corrected chi connectivity index (χ0v) is 28.7. The first-order valence-electron chi connectivity index (χ1n) is 19.5. The van der Waals surface area contributed by atoms with Gasteiger partial charge < -0.3 is 9.47 Å². The minimum Gasteiger partial charge on any atom is -0.491 e. The first-order valence-corrected chi connectivity index (χ1v) is 19.5. The molecule has 1 aromatic rings. The van der Waals surface area contributed by atoms with E-state index in [-0.39, 0.29) is 18.3 Å². The molecule has 1 saturated heterocycles. The van der Waals surface area contributed by atoms with E-state index in [2.05, 4.69) is 128 Å². The summed E-state index contributed by atoms with van der Waals surface area (Å²) in [5.41, 5.74) is 11.9. The van der Waals surface area contributed by atoms with E-state index in [4.69, 9.17) is 9.47 Å². The number of ether oxygens (including phenoxy) is 2. The third kappa shape index (κ3) is 4.50. The fourth-order valence-electron chi connectivity index (χ4n) is 11.6. The third-order valence-electron chi connectivity index (χ3n) is 13.8. The maximum absolute atomic E-state index is 6.80. The van der Waals surface area contributed by atoms with Crippen molar-refractivity contribution in [1.29, 1.82) is 0 Å². The second kappa shape index (κ2) is 11.7. The molecule has 250 valence electrons. The molecule has 0 N–H and O–H groups in total. The van der Waals surface area contributed by atoms with Crippen LogP contribution in [0.5, 0.6) is 0 Å². The van der Waals surface area contributed by atoms with Gasteiger partial charge in [-0.1, -0.05) is 128 Å². The van der Waals surface area contributed by atoms with E-state index in [1.807, 2.05) is 0 Å². The summed E-state index contributed by atoms with van der Waals surface area (Å²) in [4.78, 5) is 0. The fraction of sp³-hybridized carbons (Fsp3) is 0.375. The van der Waals surface area contributed by atoms with Crippen molar-refractivity contribution < 1.29 is 9.47 Å². The Hall–Kier alpha value is -4.14. The van der Waals surface area contributed by atoms with Gasteiger partial charge in [0.15, 0.2) is 0 Å². The predicted octanol–water partition coefficient (Wildman–Crippen LogP) is 10.8. The summed E-state index contributed by atoms with van der Waals surface area (Å²) in [6.07, 6.45) is 49.5. The van der Waals surface area contributed by atoms with Gasteiger partial charge in [0.2, 0.25) is 0 Å². The molecule has 8 aliphatic carbocycles. The second-order valence-electron chi connectivity index (χ2n) is 16.2. The molecular formula is C48H46O2. The highest BCUT2D eigenvalue weighted by molar-refractivity contribution is 5.81. The Morgan fingerprint density at radius 2 is 1.66 bits per heavy atom. The van der Waals surface area contributed by atoms with Crippen LogP contribution in [0.15, 0.2) is 161 Å². The van der Waals surface area contributed by atoms with Gasteiger partial charge >= 0.3 is 0 Å². The van der Waals surface area contributed by atoms with Gasteiger partial charge in [0.25, 0.3) is 0 Å². The molecule has 0 saturated carbocycles. The monoisotopic (exact) mass is 654 g/mol. The highest BCUT2D eigenvalue weighted by Gasteiger charge is 2.53. The number of benzene rings is 1. The largest absolute Gasteiger partial charge is 0.491 e. The molecule has 0 aromatic heterocycles. The van der Waals surface area contributed by atoms with Gasteiger partial charge in [-0.15, -0.1) is 0 Å². The molecule has 11 atom stereocenters. The Morgan fingerprint density at radius 1 is 0.720 bits per heavy atom. The molecular weight excluding hydrogens is 609 g/mol. The molecule has 11 rings (SSSR count). The third-order valence-corrected chi connectivity index (χ3v) is 13.8. The van der Waals surface area contributed by atoms with Gasteiger partial charge in [-0.05, 0) is 95.3 Å². The van der Waals surface area contributed by atoms with Crippen LogP contribution in [0.1, 0.15) is 62.0 Å². The second-order valence-corrected chi connectivity index (χ2v) is 16.2. The van der Waals surface area contributed by atoms with Gasteiger partial charge in [-0.2, -0.15) is 0 Å². The lowest BCUT2D eigenvalue weighted by Crippen LogP contribution is -2.39. The molecule has 0 amide bonds. The van der Waals surface area contributed by atoms with E-state index >= 15 is 0 Å². The van der Waals surface area contributed by atoms with E-state index in [0.717, 1.165) is 19.3 Å². The quantitative estimate of drug-likeness (QED) is 0.302. The van der Waals surface area contributed by atoms with Crippen LogP contribution in [0.2, 0.25) is 0 Å². The van der Waals surface area contributed by atoms with E-state index < -0.39 is 0 Å². The van der Waals surface area contributed by atoms with Crippen molar-refractivity contribution in [2.24, 2.45) is 41.4 Å². The summed E-state index contributed by atoms with van der Waals surface area (Å²) in [5, 5.41) is 0. The lowest BCUT2D eigenvalue weighted by atomic mass is 9.60. The van der Waals surface area contributed by atoms with E-state index in [0.29, 0.717) is 47.3 Å². The van der Waals surface area contributed by atoms with Crippen LogP contribution in [0.3, 0.4) is 0 Å².